The fourth-order valence-corrected chi connectivity index (χ4v) is 2.66. The van der Waals surface area contributed by atoms with Gasteiger partial charge in [0.2, 0.25) is 10.0 Å². The molecule has 0 amide bonds. The molecule has 0 saturated carbocycles. The highest BCUT2D eigenvalue weighted by atomic mass is 32.2. The summed E-state index contributed by atoms with van der Waals surface area (Å²) in [6, 6.07) is 9.06. The Balaban J connectivity index is 2.37. The van der Waals surface area contributed by atoms with Gasteiger partial charge in [0.15, 0.2) is 0 Å². The van der Waals surface area contributed by atoms with E-state index in [9.17, 15) is 8.42 Å². The van der Waals surface area contributed by atoms with Crippen LogP contribution in [0.5, 0.6) is 0 Å². The Labute approximate surface area is 103 Å². The van der Waals surface area contributed by atoms with E-state index in [2.05, 4.69) is 4.72 Å². The Morgan fingerprint density at radius 3 is 2.53 bits per heavy atom. The van der Waals surface area contributed by atoms with Crippen LogP contribution in [-0.2, 0) is 15.8 Å². The van der Waals surface area contributed by atoms with Crippen LogP contribution in [0.4, 0.5) is 0 Å². The van der Waals surface area contributed by atoms with Crippen molar-refractivity contribution in [3.05, 3.63) is 35.9 Å². The molecular weight excluding hydrogens is 238 g/mol. The number of hydrogen-bond acceptors (Lipinski definition) is 3. The molecule has 0 aliphatic carbocycles. The number of aliphatic hydroxyl groups excluding tert-OH is 1. The average molecular weight is 257 g/mol. The number of sulfonamides is 1. The third-order valence-corrected chi connectivity index (χ3v) is 3.68. The monoisotopic (exact) mass is 257 g/mol. The first kappa shape index (κ1) is 14.2. The predicted octanol–water partition coefficient (Wildman–Crippen LogP) is 1.27. The molecule has 0 aliphatic heterocycles. The Hall–Kier alpha value is -0.910. The first-order chi connectivity index (χ1) is 7.99. The summed E-state index contributed by atoms with van der Waals surface area (Å²) in [6.45, 7) is 2.07. The Kier molecular flexibility index (Phi) is 5.61. The molecule has 4 nitrogen and oxygen atoms in total. The lowest BCUT2D eigenvalue weighted by Gasteiger charge is -2.07. The second-order valence-electron chi connectivity index (χ2n) is 4.13. The van der Waals surface area contributed by atoms with Gasteiger partial charge >= 0.3 is 0 Å². The third-order valence-electron chi connectivity index (χ3n) is 2.32. The lowest BCUT2D eigenvalue weighted by Crippen LogP contribution is -2.26. The van der Waals surface area contributed by atoms with Gasteiger partial charge in [-0.25, -0.2) is 13.1 Å². The molecule has 1 aromatic carbocycles. The first-order valence-electron chi connectivity index (χ1n) is 5.69. The maximum absolute atomic E-state index is 11.7. The van der Waals surface area contributed by atoms with E-state index >= 15 is 0 Å². The first-order valence-corrected chi connectivity index (χ1v) is 7.34. The standard InChI is InChI=1S/C12H19NO3S/c1-11(14)6-5-9-13-17(15,16)10-12-7-3-2-4-8-12/h2-4,7-8,11,13-14H,5-6,9-10H2,1H3. The SMILES string of the molecule is CC(O)CCCNS(=O)(=O)Cc1ccccc1. The van der Waals surface area contributed by atoms with Crippen LogP contribution < -0.4 is 4.72 Å². The fourth-order valence-electron chi connectivity index (χ4n) is 1.47. The number of rotatable bonds is 7. The summed E-state index contributed by atoms with van der Waals surface area (Å²) in [7, 11) is -3.26. The van der Waals surface area contributed by atoms with Crippen molar-refractivity contribution < 1.29 is 13.5 Å². The van der Waals surface area contributed by atoms with E-state index in [1.54, 1.807) is 19.1 Å². The van der Waals surface area contributed by atoms with Gasteiger partial charge in [-0.1, -0.05) is 30.3 Å². The van der Waals surface area contributed by atoms with Crippen molar-refractivity contribution in [1.82, 2.24) is 4.72 Å². The molecule has 1 rings (SSSR count). The maximum Gasteiger partial charge on any atom is 0.215 e. The number of nitrogens with one attached hydrogen (secondary N) is 1. The molecule has 17 heavy (non-hydrogen) atoms. The van der Waals surface area contributed by atoms with Gasteiger partial charge in [-0.15, -0.1) is 0 Å². The highest BCUT2D eigenvalue weighted by Crippen LogP contribution is 2.04. The van der Waals surface area contributed by atoms with E-state index in [4.69, 9.17) is 5.11 Å². The number of benzene rings is 1. The second kappa shape index (κ2) is 6.74. The number of aliphatic hydroxyl groups is 1. The molecule has 0 fully saturated rings. The summed E-state index contributed by atoms with van der Waals surface area (Å²) >= 11 is 0. The van der Waals surface area contributed by atoms with E-state index in [0.29, 0.717) is 19.4 Å². The topological polar surface area (TPSA) is 66.4 Å². The number of hydrogen-bond donors (Lipinski definition) is 2. The van der Waals surface area contributed by atoms with Crippen molar-refractivity contribution >= 4 is 10.0 Å². The summed E-state index contributed by atoms with van der Waals surface area (Å²) < 4.78 is 25.9. The van der Waals surface area contributed by atoms with E-state index in [1.807, 2.05) is 18.2 Å². The van der Waals surface area contributed by atoms with Crippen molar-refractivity contribution in [2.24, 2.45) is 0 Å². The van der Waals surface area contributed by atoms with Crippen LogP contribution in [0.2, 0.25) is 0 Å². The Bertz CT molecular complexity index is 415. The van der Waals surface area contributed by atoms with Crippen molar-refractivity contribution in [1.29, 1.82) is 0 Å². The molecule has 0 aliphatic rings. The molecule has 1 aromatic rings. The highest BCUT2D eigenvalue weighted by molar-refractivity contribution is 7.88. The Morgan fingerprint density at radius 1 is 1.29 bits per heavy atom. The van der Waals surface area contributed by atoms with Gasteiger partial charge in [0.25, 0.3) is 0 Å². The summed E-state index contributed by atoms with van der Waals surface area (Å²) in [4.78, 5) is 0. The smallest absolute Gasteiger partial charge is 0.215 e. The maximum atomic E-state index is 11.7. The van der Waals surface area contributed by atoms with Crippen LogP contribution in [-0.4, -0.2) is 26.2 Å². The van der Waals surface area contributed by atoms with E-state index < -0.39 is 10.0 Å². The fraction of sp³-hybridized carbons (Fsp3) is 0.500. The van der Waals surface area contributed by atoms with E-state index in [0.717, 1.165) is 5.56 Å². The minimum absolute atomic E-state index is 0.00250. The van der Waals surface area contributed by atoms with Gasteiger partial charge in [0.1, 0.15) is 0 Å². The lowest BCUT2D eigenvalue weighted by molar-refractivity contribution is 0.182. The molecule has 5 heteroatoms. The van der Waals surface area contributed by atoms with Crippen LogP contribution in [0, 0.1) is 0 Å². The molecule has 0 bridgehead atoms. The molecule has 0 heterocycles. The molecular formula is C12H19NO3S. The molecule has 1 unspecified atom stereocenters. The molecule has 0 radical (unpaired) electrons. The second-order valence-corrected chi connectivity index (χ2v) is 5.94. The Morgan fingerprint density at radius 2 is 1.94 bits per heavy atom. The molecule has 0 aromatic heterocycles. The summed E-state index contributed by atoms with van der Waals surface area (Å²) in [5.41, 5.74) is 0.774. The molecule has 2 N–H and O–H groups in total. The zero-order valence-electron chi connectivity index (χ0n) is 9.96. The van der Waals surface area contributed by atoms with Gasteiger partial charge in [-0.3, -0.25) is 0 Å². The largest absolute Gasteiger partial charge is 0.393 e. The molecule has 0 spiro atoms. The third kappa shape index (κ3) is 6.41. The quantitative estimate of drug-likeness (QED) is 0.723. The van der Waals surface area contributed by atoms with Crippen molar-refractivity contribution in [3.8, 4) is 0 Å². The summed E-state index contributed by atoms with van der Waals surface area (Å²) in [6.07, 6.45) is 0.869. The van der Waals surface area contributed by atoms with Gasteiger partial charge in [-0.05, 0) is 25.3 Å². The zero-order chi connectivity index (χ0) is 12.7. The van der Waals surface area contributed by atoms with Crippen LogP contribution in [0.1, 0.15) is 25.3 Å². The van der Waals surface area contributed by atoms with Crippen LogP contribution >= 0.6 is 0 Å². The highest BCUT2D eigenvalue weighted by Gasteiger charge is 2.10. The minimum Gasteiger partial charge on any atom is -0.393 e. The predicted molar refractivity (Wildman–Crippen MR) is 68.0 cm³/mol. The van der Waals surface area contributed by atoms with Gasteiger partial charge in [-0.2, -0.15) is 0 Å². The molecule has 0 saturated heterocycles. The summed E-state index contributed by atoms with van der Waals surface area (Å²) in [5.74, 6) is 0.00250. The van der Waals surface area contributed by atoms with E-state index in [-0.39, 0.29) is 11.9 Å². The van der Waals surface area contributed by atoms with Gasteiger partial charge in [0, 0.05) is 6.54 Å². The molecule has 96 valence electrons. The molecule has 1 atom stereocenters. The van der Waals surface area contributed by atoms with Crippen LogP contribution in [0.3, 0.4) is 0 Å². The van der Waals surface area contributed by atoms with Crippen LogP contribution in [0.15, 0.2) is 30.3 Å². The van der Waals surface area contributed by atoms with Crippen molar-refractivity contribution in [2.45, 2.75) is 31.6 Å². The van der Waals surface area contributed by atoms with Crippen molar-refractivity contribution in [3.63, 3.8) is 0 Å². The van der Waals surface area contributed by atoms with Gasteiger partial charge < -0.3 is 5.11 Å². The normalized spacial score (nSPS) is 13.5. The van der Waals surface area contributed by atoms with Gasteiger partial charge in [0.05, 0.1) is 11.9 Å². The zero-order valence-corrected chi connectivity index (χ0v) is 10.8. The average Bonchev–Trinajstić information content (AvgIpc) is 2.25. The van der Waals surface area contributed by atoms with Crippen molar-refractivity contribution in [2.75, 3.05) is 6.54 Å². The van der Waals surface area contributed by atoms with Crippen LogP contribution in [0.25, 0.3) is 0 Å². The summed E-state index contributed by atoms with van der Waals surface area (Å²) in [5, 5.41) is 9.04. The van der Waals surface area contributed by atoms with E-state index in [1.165, 1.54) is 0 Å². The lowest BCUT2D eigenvalue weighted by atomic mass is 10.2. The minimum atomic E-state index is -3.26.